The third kappa shape index (κ3) is 4.19. The van der Waals surface area contributed by atoms with E-state index in [1.54, 1.807) is 24.3 Å². The summed E-state index contributed by atoms with van der Waals surface area (Å²) in [4.78, 5) is 57.0. The first kappa shape index (κ1) is 19.8. The smallest absolute Gasteiger partial charge is 0.211 e. The van der Waals surface area contributed by atoms with Crippen molar-refractivity contribution in [3.63, 3.8) is 0 Å². The first-order valence-electron chi connectivity index (χ1n) is 8.88. The summed E-state index contributed by atoms with van der Waals surface area (Å²) in [6.45, 7) is 1.59. The second-order valence-electron chi connectivity index (χ2n) is 7.10. The fraction of sp³-hybridized carbons (Fsp3) is 0.778. The summed E-state index contributed by atoms with van der Waals surface area (Å²) in [5, 5.41) is 0. The van der Waals surface area contributed by atoms with E-state index < -0.39 is 0 Å². The van der Waals surface area contributed by atoms with Crippen molar-refractivity contribution in [1.82, 2.24) is 0 Å². The molecule has 0 aliphatic heterocycles. The molecule has 26 heavy (non-hydrogen) atoms. The van der Waals surface area contributed by atoms with Crippen molar-refractivity contribution in [2.75, 3.05) is 26.2 Å². The van der Waals surface area contributed by atoms with E-state index in [2.05, 4.69) is 20.0 Å². The van der Waals surface area contributed by atoms with Crippen LogP contribution in [0, 0.1) is 29.1 Å². The minimum atomic E-state index is -0.176. The fourth-order valence-electron chi connectivity index (χ4n) is 5.48. The Hall–Kier alpha value is -2.48. The van der Waals surface area contributed by atoms with Gasteiger partial charge in [0.1, 0.15) is 0 Å². The number of isocyanates is 4. The first-order chi connectivity index (χ1) is 12.7. The topological polar surface area (TPSA) is 118 Å². The van der Waals surface area contributed by atoms with Gasteiger partial charge in [0, 0.05) is 0 Å². The second-order valence-corrected chi connectivity index (χ2v) is 7.10. The quantitative estimate of drug-likeness (QED) is 0.317. The van der Waals surface area contributed by atoms with Crippen LogP contribution in [0.4, 0.5) is 0 Å². The van der Waals surface area contributed by atoms with Gasteiger partial charge in [-0.1, -0.05) is 0 Å². The number of aliphatic imine (C=N–C) groups is 4. The Morgan fingerprint density at radius 2 is 1.42 bits per heavy atom. The Balaban J connectivity index is 2.30. The molecule has 8 nitrogen and oxygen atoms in total. The molecule has 2 fully saturated rings. The summed E-state index contributed by atoms with van der Waals surface area (Å²) in [5.41, 5.74) is -0.176. The molecule has 2 bridgehead atoms. The molecule has 0 N–H and O–H groups in total. The number of rotatable bonds is 11. The third-order valence-electron chi connectivity index (χ3n) is 6.25. The molecule has 2 saturated carbocycles. The predicted molar refractivity (Wildman–Crippen MR) is 91.4 cm³/mol. The van der Waals surface area contributed by atoms with Gasteiger partial charge in [-0.3, -0.25) is 0 Å². The van der Waals surface area contributed by atoms with Crippen LogP contribution in [0.15, 0.2) is 20.0 Å². The standard InChI is InChI=1S/C18H22N4O4/c23-10-19-4-1-2-18(3-5-20-11-24)16-7-14(17(18)9-22-13-26)6-15(16)8-21-12-25/h14-17H,1-9H2. The molecule has 138 valence electrons. The van der Waals surface area contributed by atoms with Gasteiger partial charge in [-0.05, 0) is 61.2 Å². The lowest BCUT2D eigenvalue weighted by molar-refractivity contribution is 0.0299. The van der Waals surface area contributed by atoms with Crippen LogP contribution in [0.1, 0.15) is 32.1 Å². The lowest BCUT2D eigenvalue weighted by atomic mass is 9.58. The van der Waals surface area contributed by atoms with E-state index in [0.29, 0.717) is 50.9 Å². The van der Waals surface area contributed by atoms with Gasteiger partial charge in [0.15, 0.2) is 0 Å². The van der Waals surface area contributed by atoms with Crippen molar-refractivity contribution < 1.29 is 19.2 Å². The van der Waals surface area contributed by atoms with Gasteiger partial charge in [0.25, 0.3) is 0 Å². The van der Waals surface area contributed by atoms with Gasteiger partial charge in [0.05, 0.1) is 26.2 Å². The van der Waals surface area contributed by atoms with E-state index in [4.69, 9.17) is 0 Å². The summed E-state index contributed by atoms with van der Waals surface area (Å²) >= 11 is 0. The first-order valence-corrected chi connectivity index (χ1v) is 8.88. The van der Waals surface area contributed by atoms with Crippen molar-refractivity contribution in [2.24, 2.45) is 49.1 Å². The maximum absolute atomic E-state index is 10.7. The molecule has 0 heterocycles. The van der Waals surface area contributed by atoms with Crippen LogP contribution in [0.5, 0.6) is 0 Å². The number of fused-ring (bicyclic) bond motifs is 2. The number of hydrogen-bond acceptors (Lipinski definition) is 8. The highest BCUT2D eigenvalue weighted by molar-refractivity contribution is 5.34. The molecule has 8 heteroatoms. The lowest BCUT2D eigenvalue weighted by Gasteiger charge is -2.46. The molecule has 0 aromatic carbocycles. The van der Waals surface area contributed by atoms with E-state index in [1.165, 1.54) is 0 Å². The van der Waals surface area contributed by atoms with Crippen molar-refractivity contribution in [3.05, 3.63) is 0 Å². The fourth-order valence-corrected chi connectivity index (χ4v) is 5.48. The minimum absolute atomic E-state index is 0.176. The van der Waals surface area contributed by atoms with Crippen LogP contribution >= 0.6 is 0 Å². The van der Waals surface area contributed by atoms with Gasteiger partial charge in [-0.2, -0.15) is 0 Å². The number of carbonyl (C=O) groups excluding carboxylic acids is 4. The molecular weight excluding hydrogens is 336 g/mol. The normalized spacial score (nSPS) is 31.2. The largest absolute Gasteiger partial charge is 0.234 e. The van der Waals surface area contributed by atoms with Gasteiger partial charge in [-0.15, -0.1) is 0 Å². The Kier molecular flexibility index (Phi) is 7.53. The summed E-state index contributed by atoms with van der Waals surface area (Å²) < 4.78 is 0. The Bertz CT molecular complexity index is 685. The maximum Gasteiger partial charge on any atom is 0.234 e. The third-order valence-corrected chi connectivity index (χ3v) is 6.25. The zero-order valence-electron chi connectivity index (χ0n) is 14.6. The van der Waals surface area contributed by atoms with E-state index in [-0.39, 0.29) is 17.3 Å². The molecule has 2 aliphatic carbocycles. The highest BCUT2D eigenvalue weighted by atomic mass is 16.1. The van der Waals surface area contributed by atoms with Crippen molar-refractivity contribution in [1.29, 1.82) is 0 Å². The van der Waals surface area contributed by atoms with Gasteiger partial charge in [0.2, 0.25) is 24.3 Å². The van der Waals surface area contributed by atoms with Crippen LogP contribution < -0.4 is 0 Å². The van der Waals surface area contributed by atoms with Gasteiger partial charge in [-0.25, -0.2) is 39.1 Å². The van der Waals surface area contributed by atoms with Crippen molar-refractivity contribution in [2.45, 2.75) is 32.1 Å². The number of nitrogens with zero attached hydrogens (tertiary/aromatic N) is 4. The average Bonchev–Trinajstić information content (AvgIpc) is 3.19. The summed E-state index contributed by atoms with van der Waals surface area (Å²) in [6.07, 6.45) is 10.5. The Labute approximate surface area is 151 Å². The van der Waals surface area contributed by atoms with E-state index in [1.807, 2.05) is 0 Å². The molecule has 0 amide bonds. The molecular formula is C18H22N4O4. The SMILES string of the molecule is O=C=NCCCC1(CCN=C=O)C(CN=C=O)C2CC(CN=C=O)C1C2. The molecule has 2 aliphatic rings. The van der Waals surface area contributed by atoms with Crippen LogP contribution in [0.25, 0.3) is 0 Å². The zero-order valence-corrected chi connectivity index (χ0v) is 14.6. The zero-order chi connectivity index (χ0) is 18.8. The van der Waals surface area contributed by atoms with Crippen molar-refractivity contribution in [3.8, 4) is 0 Å². The molecule has 5 atom stereocenters. The molecule has 5 unspecified atom stereocenters. The van der Waals surface area contributed by atoms with Crippen LogP contribution in [0.2, 0.25) is 0 Å². The molecule has 2 rings (SSSR count). The molecule has 0 aromatic heterocycles. The number of hydrogen-bond donors (Lipinski definition) is 0. The van der Waals surface area contributed by atoms with E-state index >= 15 is 0 Å². The molecule has 0 saturated heterocycles. The molecule has 0 radical (unpaired) electrons. The van der Waals surface area contributed by atoms with Gasteiger partial charge >= 0.3 is 0 Å². The van der Waals surface area contributed by atoms with Crippen molar-refractivity contribution >= 4 is 24.3 Å². The Morgan fingerprint density at radius 1 is 0.769 bits per heavy atom. The van der Waals surface area contributed by atoms with Crippen LogP contribution in [-0.4, -0.2) is 50.5 Å². The molecule has 0 spiro atoms. The summed E-state index contributed by atoms with van der Waals surface area (Å²) in [5.74, 6) is 1.15. The summed E-state index contributed by atoms with van der Waals surface area (Å²) in [6, 6.07) is 0. The lowest BCUT2D eigenvalue weighted by Crippen LogP contribution is -2.43. The van der Waals surface area contributed by atoms with Crippen LogP contribution in [-0.2, 0) is 19.2 Å². The highest BCUT2D eigenvalue weighted by Crippen LogP contribution is 2.65. The van der Waals surface area contributed by atoms with E-state index in [9.17, 15) is 19.2 Å². The maximum atomic E-state index is 10.7. The molecule has 0 aromatic rings. The van der Waals surface area contributed by atoms with Gasteiger partial charge < -0.3 is 0 Å². The van der Waals surface area contributed by atoms with Crippen LogP contribution in [0.3, 0.4) is 0 Å². The second kappa shape index (κ2) is 9.86. The highest BCUT2D eigenvalue weighted by Gasteiger charge is 2.60. The average molecular weight is 358 g/mol. The monoisotopic (exact) mass is 358 g/mol. The van der Waals surface area contributed by atoms with E-state index in [0.717, 1.165) is 19.3 Å². The Morgan fingerprint density at radius 3 is 2.12 bits per heavy atom. The predicted octanol–water partition coefficient (Wildman–Crippen LogP) is 1.76. The minimum Gasteiger partial charge on any atom is -0.211 e. The summed E-state index contributed by atoms with van der Waals surface area (Å²) in [7, 11) is 0.